The van der Waals surface area contributed by atoms with Crippen molar-refractivity contribution in [1.29, 1.82) is 0 Å². The van der Waals surface area contributed by atoms with Crippen LogP contribution in [0.2, 0.25) is 0 Å². The summed E-state index contributed by atoms with van der Waals surface area (Å²) in [4.78, 5) is 26.4. The van der Waals surface area contributed by atoms with Gasteiger partial charge in [-0.1, -0.05) is 20.8 Å². The van der Waals surface area contributed by atoms with E-state index >= 15 is 0 Å². The van der Waals surface area contributed by atoms with Gasteiger partial charge in [0.15, 0.2) is 0 Å². The first kappa shape index (κ1) is 22.1. The van der Waals surface area contributed by atoms with E-state index < -0.39 is 5.63 Å². The van der Waals surface area contributed by atoms with Gasteiger partial charge >= 0.3 is 5.63 Å². The number of carbonyl (C=O) groups excluding carboxylic acids is 1. The molecule has 0 saturated carbocycles. The van der Waals surface area contributed by atoms with Crippen LogP contribution in [0.5, 0.6) is 0 Å². The lowest BCUT2D eigenvalue weighted by Crippen LogP contribution is -3.05. The van der Waals surface area contributed by atoms with Crippen molar-refractivity contribution in [1.82, 2.24) is 5.32 Å². The molecule has 30 heavy (non-hydrogen) atoms. The molecule has 0 bridgehead atoms. The molecule has 162 valence electrons. The van der Waals surface area contributed by atoms with E-state index in [0.29, 0.717) is 23.3 Å². The Labute approximate surface area is 177 Å². The third-order valence-electron chi connectivity index (χ3n) is 5.60. The predicted octanol–water partition coefficient (Wildman–Crippen LogP) is 2.65. The van der Waals surface area contributed by atoms with Crippen LogP contribution < -0.4 is 15.8 Å². The van der Waals surface area contributed by atoms with Gasteiger partial charge in [0.05, 0.1) is 44.3 Å². The Hall–Kier alpha value is -2.60. The van der Waals surface area contributed by atoms with Crippen molar-refractivity contribution < 1.29 is 18.5 Å². The summed E-state index contributed by atoms with van der Waals surface area (Å²) in [6, 6.07) is 1.89. The molecule has 0 aliphatic carbocycles. The number of aryl methyl sites for hydroxylation is 2. The molecular formula is C24H33N2O4+. The number of quaternary nitrogens is 1. The fraction of sp³-hybridized carbons (Fsp3) is 0.500. The molecule has 0 unspecified atom stereocenters. The Morgan fingerprint density at radius 2 is 1.87 bits per heavy atom. The van der Waals surface area contributed by atoms with Crippen LogP contribution in [0.4, 0.5) is 0 Å². The number of carbonyl (C=O) groups is 1. The van der Waals surface area contributed by atoms with Crippen LogP contribution in [0.3, 0.4) is 0 Å². The van der Waals surface area contributed by atoms with Crippen LogP contribution in [0.1, 0.15) is 49.4 Å². The smallest absolute Gasteiger partial charge is 0.340 e. The highest BCUT2D eigenvalue weighted by molar-refractivity contribution is 6.07. The number of furan rings is 1. The molecule has 2 aromatic heterocycles. The lowest BCUT2D eigenvalue weighted by molar-refractivity contribution is -0.858. The highest BCUT2D eigenvalue weighted by Crippen LogP contribution is 2.38. The lowest BCUT2D eigenvalue weighted by atomic mass is 9.85. The van der Waals surface area contributed by atoms with Crippen molar-refractivity contribution >= 4 is 27.8 Å². The molecule has 2 N–H and O–H groups in total. The Balaban J connectivity index is 2.02. The van der Waals surface area contributed by atoms with Crippen LogP contribution >= 0.6 is 0 Å². The monoisotopic (exact) mass is 413 g/mol. The van der Waals surface area contributed by atoms with Crippen molar-refractivity contribution in [2.75, 3.05) is 27.2 Å². The summed E-state index contributed by atoms with van der Waals surface area (Å²) in [6.07, 6.45) is 2.68. The summed E-state index contributed by atoms with van der Waals surface area (Å²) < 4.78 is 11.6. The zero-order chi connectivity index (χ0) is 22.2. The lowest BCUT2D eigenvalue weighted by Gasteiger charge is -2.17. The second kappa shape index (κ2) is 8.26. The molecule has 6 nitrogen and oxygen atoms in total. The van der Waals surface area contributed by atoms with E-state index in [1.54, 1.807) is 6.26 Å². The minimum Gasteiger partial charge on any atom is -0.463 e. The molecule has 1 amide bonds. The average Bonchev–Trinajstić information content (AvgIpc) is 3.08. The van der Waals surface area contributed by atoms with Crippen molar-refractivity contribution in [3.8, 4) is 0 Å². The number of benzene rings is 1. The van der Waals surface area contributed by atoms with Crippen LogP contribution in [-0.4, -0.2) is 33.1 Å². The first-order chi connectivity index (χ1) is 14.0. The zero-order valence-electron chi connectivity index (χ0n) is 19.1. The van der Waals surface area contributed by atoms with Crippen LogP contribution in [-0.2, 0) is 16.6 Å². The molecule has 2 heterocycles. The first-order valence-electron chi connectivity index (χ1n) is 10.5. The fourth-order valence-corrected chi connectivity index (χ4v) is 3.94. The number of fused-ring (bicyclic) bond motifs is 3. The highest BCUT2D eigenvalue weighted by atomic mass is 16.4. The Kier molecular flexibility index (Phi) is 6.09. The van der Waals surface area contributed by atoms with Gasteiger partial charge in [-0.2, -0.15) is 0 Å². The second-order valence-electron chi connectivity index (χ2n) is 9.50. The van der Waals surface area contributed by atoms with Crippen molar-refractivity contribution in [3.05, 3.63) is 45.0 Å². The van der Waals surface area contributed by atoms with Gasteiger partial charge in [-0.25, -0.2) is 4.79 Å². The summed E-state index contributed by atoms with van der Waals surface area (Å²) in [5.74, 6) is -0.170. The van der Waals surface area contributed by atoms with Gasteiger partial charge in [0.25, 0.3) is 0 Å². The van der Waals surface area contributed by atoms with Gasteiger partial charge in [-0.3, -0.25) is 4.79 Å². The normalized spacial score (nSPS) is 12.3. The van der Waals surface area contributed by atoms with E-state index in [1.807, 2.05) is 19.9 Å². The second-order valence-corrected chi connectivity index (χ2v) is 9.50. The molecule has 0 aliphatic rings. The Morgan fingerprint density at radius 1 is 1.17 bits per heavy atom. The Morgan fingerprint density at radius 3 is 2.50 bits per heavy atom. The van der Waals surface area contributed by atoms with Gasteiger partial charge < -0.3 is 19.1 Å². The number of hydrogen-bond donors (Lipinski definition) is 2. The van der Waals surface area contributed by atoms with E-state index in [4.69, 9.17) is 8.83 Å². The maximum atomic E-state index is 12.6. The zero-order valence-corrected chi connectivity index (χ0v) is 19.1. The molecule has 0 saturated heterocycles. The summed E-state index contributed by atoms with van der Waals surface area (Å²) in [6.45, 7) is 11.9. The number of rotatable bonds is 6. The van der Waals surface area contributed by atoms with Crippen molar-refractivity contribution in [2.45, 2.75) is 52.9 Å². The van der Waals surface area contributed by atoms with E-state index in [9.17, 15) is 9.59 Å². The van der Waals surface area contributed by atoms with Gasteiger partial charge in [0.1, 0.15) is 11.2 Å². The first-order valence-corrected chi connectivity index (χ1v) is 10.5. The summed E-state index contributed by atoms with van der Waals surface area (Å²) in [7, 11) is 4.15. The van der Waals surface area contributed by atoms with Crippen molar-refractivity contribution in [3.63, 3.8) is 0 Å². The molecule has 0 atom stereocenters. The van der Waals surface area contributed by atoms with E-state index in [2.05, 4.69) is 40.2 Å². The van der Waals surface area contributed by atoms with Gasteiger partial charge in [-0.15, -0.1) is 0 Å². The standard InChI is InChI=1S/C24H32N2O4/c1-14-11-18-21(22-20(14)17(13-29-22)24(3,4)5)15(2)16(23(28)30-18)12-19(27)25-9-8-10-26(6)7/h11,13H,8-10,12H2,1-7H3,(H,25,27)/p+1. The Bertz CT molecular complexity index is 1150. The van der Waals surface area contributed by atoms with E-state index in [1.165, 1.54) is 4.90 Å². The SMILES string of the molecule is Cc1cc2oc(=O)c(CC(=O)NCCC[NH+](C)C)c(C)c2c2occ(C(C)(C)C)c12. The van der Waals surface area contributed by atoms with Crippen LogP contribution in [0.25, 0.3) is 21.9 Å². The molecule has 6 heteroatoms. The molecule has 3 rings (SSSR count). The maximum absolute atomic E-state index is 12.6. The number of amides is 1. The third-order valence-corrected chi connectivity index (χ3v) is 5.60. The summed E-state index contributed by atoms with van der Waals surface area (Å²) in [5, 5.41) is 4.72. The number of nitrogens with one attached hydrogen (secondary N) is 2. The maximum Gasteiger partial charge on any atom is 0.340 e. The highest BCUT2D eigenvalue weighted by Gasteiger charge is 2.25. The minimum atomic E-state index is -0.464. The van der Waals surface area contributed by atoms with Gasteiger partial charge in [0.2, 0.25) is 5.91 Å². The topological polar surface area (TPSA) is 76.9 Å². The van der Waals surface area contributed by atoms with E-state index in [-0.39, 0.29) is 17.7 Å². The third kappa shape index (κ3) is 4.29. The number of hydrogen-bond acceptors (Lipinski definition) is 4. The van der Waals surface area contributed by atoms with Crippen LogP contribution in [0.15, 0.2) is 26.0 Å². The molecular weight excluding hydrogens is 380 g/mol. The fourth-order valence-electron chi connectivity index (χ4n) is 3.94. The molecule has 0 aliphatic heterocycles. The average molecular weight is 414 g/mol. The van der Waals surface area contributed by atoms with Gasteiger partial charge in [-0.05, 0) is 36.5 Å². The molecule has 1 aromatic carbocycles. The minimum absolute atomic E-state index is 0.00113. The van der Waals surface area contributed by atoms with Crippen molar-refractivity contribution in [2.24, 2.45) is 0 Å². The largest absolute Gasteiger partial charge is 0.463 e. The van der Waals surface area contributed by atoms with Crippen LogP contribution in [0, 0.1) is 13.8 Å². The quantitative estimate of drug-likeness (QED) is 0.481. The molecule has 0 radical (unpaired) electrons. The summed E-state index contributed by atoms with van der Waals surface area (Å²) >= 11 is 0. The van der Waals surface area contributed by atoms with E-state index in [0.717, 1.165) is 40.4 Å². The summed E-state index contributed by atoms with van der Waals surface area (Å²) in [5.41, 5.74) is 3.92. The van der Waals surface area contributed by atoms with Gasteiger partial charge in [0, 0.05) is 23.9 Å². The molecule has 0 fully saturated rings. The molecule has 3 aromatic rings. The molecule has 0 spiro atoms. The predicted molar refractivity (Wildman–Crippen MR) is 119 cm³/mol.